The molecule has 1 aliphatic heterocycles. The predicted octanol–water partition coefficient (Wildman–Crippen LogP) is 1.26. The first-order chi connectivity index (χ1) is 8.13. The van der Waals surface area contributed by atoms with Crippen LogP contribution < -0.4 is 5.32 Å². The molecule has 0 aliphatic carbocycles. The first-order valence-electron chi connectivity index (χ1n) is 6.72. The van der Waals surface area contributed by atoms with Crippen LogP contribution in [0.25, 0.3) is 0 Å². The standard InChI is InChI=1S/C13H26N2O2/c1-4-13(16)14-10-12(9-11(2)3)15-5-7-17-8-6-15/h11-12H,4-10H2,1-3H3,(H,14,16). The van der Waals surface area contributed by atoms with E-state index in [4.69, 9.17) is 4.74 Å². The zero-order chi connectivity index (χ0) is 12.7. The highest BCUT2D eigenvalue weighted by atomic mass is 16.5. The maximum absolute atomic E-state index is 11.3. The number of amides is 1. The van der Waals surface area contributed by atoms with Gasteiger partial charge < -0.3 is 10.1 Å². The minimum Gasteiger partial charge on any atom is -0.379 e. The predicted molar refractivity (Wildman–Crippen MR) is 68.9 cm³/mol. The molecule has 0 aromatic rings. The molecular formula is C13H26N2O2. The molecule has 0 aromatic carbocycles. The van der Waals surface area contributed by atoms with E-state index in [-0.39, 0.29) is 5.91 Å². The fourth-order valence-electron chi connectivity index (χ4n) is 2.20. The second-order valence-corrected chi connectivity index (χ2v) is 5.09. The Kier molecular flexibility index (Phi) is 6.52. The summed E-state index contributed by atoms with van der Waals surface area (Å²) in [6.45, 7) is 10.7. The van der Waals surface area contributed by atoms with Gasteiger partial charge in [0, 0.05) is 32.1 Å². The summed E-state index contributed by atoms with van der Waals surface area (Å²) in [5.41, 5.74) is 0. The molecule has 1 N–H and O–H groups in total. The first kappa shape index (κ1) is 14.5. The summed E-state index contributed by atoms with van der Waals surface area (Å²) >= 11 is 0. The third-order valence-electron chi connectivity index (χ3n) is 3.16. The molecule has 4 heteroatoms. The van der Waals surface area contributed by atoms with E-state index < -0.39 is 0 Å². The highest BCUT2D eigenvalue weighted by Gasteiger charge is 2.22. The minimum absolute atomic E-state index is 0.145. The fourth-order valence-corrected chi connectivity index (χ4v) is 2.20. The molecule has 0 bridgehead atoms. The molecule has 0 spiro atoms. The van der Waals surface area contributed by atoms with Crippen LogP contribution in [0.2, 0.25) is 0 Å². The lowest BCUT2D eigenvalue weighted by Gasteiger charge is -2.35. The van der Waals surface area contributed by atoms with Crippen molar-refractivity contribution in [3.63, 3.8) is 0 Å². The van der Waals surface area contributed by atoms with Gasteiger partial charge in [-0.3, -0.25) is 9.69 Å². The van der Waals surface area contributed by atoms with E-state index in [0.29, 0.717) is 18.4 Å². The van der Waals surface area contributed by atoms with Crippen LogP contribution in [0.4, 0.5) is 0 Å². The lowest BCUT2D eigenvalue weighted by molar-refractivity contribution is -0.121. The van der Waals surface area contributed by atoms with Crippen molar-refractivity contribution in [3.05, 3.63) is 0 Å². The van der Waals surface area contributed by atoms with Crippen molar-refractivity contribution in [2.75, 3.05) is 32.8 Å². The average Bonchev–Trinajstić information content (AvgIpc) is 2.34. The topological polar surface area (TPSA) is 41.6 Å². The van der Waals surface area contributed by atoms with Gasteiger partial charge in [0.1, 0.15) is 0 Å². The van der Waals surface area contributed by atoms with Crippen molar-refractivity contribution in [1.82, 2.24) is 10.2 Å². The maximum Gasteiger partial charge on any atom is 0.219 e. The second kappa shape index (κ2) is 7.67. The molecule has 1 heterocycles. The smallest absolute Gasteiger partial charge is 0.219 e. The van der Waals surface area contributed by atoms with E-state index in [1.54, 1.807) is 0 Å². The van der Waals surface area contributed by atoms with Gasteiger partial charge in [-0.15, -0.1) is 0 Å². The van der Waals surface area contributed by atoms with E-state index in [9.17, 15) is 4.79 Å². The molecule has 1 rings (SSSR count). The third-order valence-corrected chi connectivity index (χ3v) is 3.16. The van der Waals surface area contributed by atoms with Crippen LogP contribution in [-0.2, 0) is 9.53 Å². The van der Waals surface area contributed by atoms with E-state index in [1.807, 2.05) is 6.92 Å². The molecule has 0 radical (unpaired) electrons. The van der Waals surface area contributed by atoms with Crippen molar-refractivity contribution in [3.8, 4) is 0 Å². The van der Waals surface area contributed by atoms with Crippen LogP contribution in [0, 0.1) is 5.92 Å². The molecule has 1 aliphatic rings. The lowest BCUT2D eigenvalue weighted by atomic mass is 10.0. The Balaban J connectivity index is 2.43. The molecule has 0 saturated carbocycles. The zero-order valence-corrected chi connectivity index (χ0v) is 11.4. The van der Waals surface area contributed by atoms with Gasteiger partial charge in [0.05, 0.1) is 13.2 Å². The monoisotopic (exact) mass is 242 g/mol. The Hall–Kier alpha value is -0.610. The largest absolute Gasteiger partial charge is 0.379 e. The molecular weight excluding hydrogens is 216 g/mol. The number of rotatable bonds is 6. The van der Waals surface area contributed by atoms with E-state index >= 15 is 0 Å². The number of carbonyl (C=O) groups is 1. The number of nitrogens with zero attached hydrogens (tertiary/aromatic N) is 1. The number of hydrogen-bond donors (Lipinski definition) is 1. The summed E-state index contributed by atoms with van der Waals surface area (Å²) in [7, 11) is 0. The summed E-state index contributed by atoms with van der Waals surface area (Å²) in [4.78, 5) is 13.8. The molecule has 1 amide bonds. The van der Waals surface area contributed by atoms with E-state index in [2.05, 4.69) is 24.1 Å². The number of ether oxygens (including phenoxy) is 1. The summed E-state index contributed by atoms with van der Waals surface area (Å²) in [6, 6.07) is 0.453. The minimum atomic E-state index is 0.145. The summed E-state index contributed by atoms with van der Waals surface area (Å²) < 4.78 is 5.37. The zero-order valence-electron chi connectivity index (χ0n) is 11.4. The Morgan fingerprint density at radius 3 is 2.53 bits per heavy atom. The Morgan fingerprint density at radius 1 is 1.35 bits per heavy atom. The van der Waals surface area contributed by atoms with Gasteiger partial charge in [0.25, 0.3) is 0 Å². The number of hydrogen-bond acceptors (Lipinski definition) is 3. The third kappa shape index (κ3) is 5.50. The summed E-state index contributed by atoms with van der Waals surface area (Å²) in [5.74, 6) is 0.799. The Morgan fingerprint density at radius 2 is 2.00 bits per heavy atom. The molecule has 1 unspecified atom stereocenters. The van der Waals surface area contributed by atoms with Gasteiger partial charge in [0.15, 0.2) is 0 Å². The van der Waals surface area contributed by atoms with Gasteiger partial charge in [-0.2, -0.15) is 0 Å². The van der Waals surface area contributed by atoms with Crippen molar-refractivity contribution < 1.29 is 9.53 Å². The van der Waals surface area contributed by atoms with Crippen LogP contribution in [0.1, 0.15) is 33.6 Å². The molecule has 1 atom stereocenters. The second-order valence-electron chi connectivity index (χ2n) is 5.09. The van der Waals surface area contributed by atoms with Crippen LogP contribution >= 0.6 is 0 Å². The normalized spacial score (nSPS) is 19.3. The number of nitrogens with one attached hydrogen (secondary N) is 1. The first-order valence-corrected chi connectivity index (χ1v) is 6.72. The van der Waals surface area contributed by atoms with Crippen molar-refractivity contribution >= 4 is 5.91 Å². The van der Waals surface area contributed by atoms with Gasteiger partial charge in [-0.1, -0.05) is 20.8 Å². The SMILES string of the molecule is CCC(=O)NCC(CC(C)C)N1CCOCC1. The van der Waals surface area contributed by atoms with Crippen LogP contribution in [-0.4, -0.2) is 49.7 Å². The molecule has 100 valence electrons. The maximum atomic E-state index is 11.3. The van der Waals surface area contributed by atoms with E-state index in [1.165, 1.54) is 0 Å². The molecule has 4 nitrogen and oxygen atoms in total. The van der Waals surface area contributed by atoms with Gasteiger partial charge >= 0.3 is 0 Å². The lowest BCUT2D eigenvalue weighted by Crippen LogP contribution is -2.49. The Bertz CT molecular complexity index is 225. The molecule has 1 saturated heterocycles. The summed E-state index contributed by atoms with van der Waals surface area (Å²) in [6.07, 6.45) is 1.70. The van der Waals surface area contributed by atoms with Gasteiger partial charge in [-0.25, -0.2) is 0 Å². The Labute approximate surface area is 105 Å². The fraction of sp³-hybridized carbons (Fsp3) is 0.923. The average molecular weight is 242 g/mol. The highest BCUT2D eigenvalue weighted by molar-refractivity contribution is 5.75. The van der Waals surface area contributed by atoms with Crippen LogP contribution in [0.5, 0.6) is 0 Å². The van der Waals surface area contributed by atoms with Crippen molar-refractivity contribution in [2.24, 2.45) is 5.92 Å². The highest BCUT2D eigenvalue weighted by Crippen LogP contribution is 2.12. The number of carbonyl (C=O) groups excluding carboxylic acids is 1. The summed E-state index contributed by atoms with van der Waals surface area (Å²) in [5, 5.41) is 3.01. The molecule has 1 fully saturated rings. The van der Waals surface area contributed by atoms with E-state index in [0.717, 1.165) is 39.3 Å². The van der Waals surface area contributed by atoms with Crippen LogP contribution in [0.3, 0.4) is 0 Å². The molecule has 17 heavy (non-hydrogen) atoms. The van der Waals surface area contributed by atoms with Crippen molar-refractivity contribution in [1.29, 1.82) is 0 Å². The molecule has 0 aromatic heterocycles. The van der Waals surface area contributed by atoms with Gasteiger partial charge in [0.2, 0.25) is 5.91 Å². The quantitative estimate of drug-likeness (QED) is 0.762. The van der Waals surface area contributed by atoms with Gasteiger partial charge in [-0.05, 0) is 12.3 Å². The van der Waals surface area contributed by atoms with Crippen LogP contribution in [0.15, 0.2) is 0 Å². The van der Waals surface area contributed by atoms with Crippen molar-refractivity contribution in [2.45, 2.75) is 39.7 Å². The number of morpholine rings is 1.